The molecule has 0 atom stereocenters. The number of rotatable bonds is 6. The molecule has 2 rings (SSSR count). The molecule has 0 amide bonds. The lowest BCUT2D eigenvalue weighted by molar-refractivity contribution is 0.0526. The van der Waals surface area contributed by atoms with E-state index in [-0.39, 0.29) is 11.8 Å². The summed E-state index contributed by atoms with van der Waals surface area (Å²) in [6.07, 6.45) is 6.78. The number of benzene rings is 1. The van der Waals surface area contributed by atoms with Crippen LogP contribution < -0.4 is 0 Å². The van der Waals surface area contributed by atoms with E-state index in [1.807, 2.05) is 0 Å². The van der Waals surface area contributed by atoms with Crippen molar-refractivity contribution in [3.63, 3.8) is 0 Å². The summed E-state index contributed by atoms with van der Waals surface area (Å²) in [5.74, 6) is 0.572. The van der Waals surface area contributed by atoms with Crippen LogP contribution in [0.25, 0.3) is 0 Å². The maximum atomic E-state index is 12.1. The number of hydrogen-bond donors (Lipinski definition) is 0. The summed E-state index contributed by atoms with van der Waals surface area (Å²) in [5, 5.41) is 0. The Morgan fingerprint density at radius 2 is 1.70 bits per heavy atom. The van der Waals surface area contributed by atoms with Gasteiger partial charge in [0, 0.05) is 12.0 Å². The zero-order valence-corrected chi connectivity index (χ0v) is 12.1. The van der Waals surface area contributed by atoms with Crippen molar-refractivity contribution in [2.24, 2.45) is 5.92 Å². The van der Waals surface area contributed by atoms with Crippen molar-refractivity contribution in [3.8, 4) is 0 Å². The molecule has 20 heavy (non-hydrogen) atoms. The number of hydrogen-bond acceptors (Lipinski definition) is 3. The Hall–Kier alpha value is -1.64. The average molecular weight is 274 g/mol. The fraction of sp³-hybridized carbons (Fsp3) is 0.529. The van der Waals surface area contributed by atoms with Gasteiger partial charge < -0.3 is 4.74 Å². The predicted octanol–water partition coefficient (Wildman–Crippen LogP) is 4.02. The minimum atomic E-state index is -0.336. The molecule has 3 nitrogen and oxygen atoms in total. The highest BCUT2D eigenvalue weighted by Gasteiger charge is 2.17. The van der Waals surface area contributed by atoms with Crippen LogP contribution >= 0.6 is 0 Å². The molecule has 0 N–H and O–H groups in total. The van der Waals surface area contributed by atoms with E-state index < -0.39 is 0 Å². The van der Waals surface area contributed by atoms with Crippen LogP contribution in [0.4, 0.5) is 0 Å². The first-order chi connectivity index (χ1) is 9.70. The summed E-state index contributed by atoms with van der Waals surface area (Å²) < 4.78 is 4.92. The largest absolute Gasteiger partial charge is 0.462 e. The van der Waals surface area contributed by atoms with Gasteiger partial charge in [0.05, 0.1) is 12.2 Å². The molecule has 1 aromatic rings. The highest BCUT2D eigenvalue weighted by Crippen LogP contribution is 2.29. The van der Waals surface area contributed by atoms with Gasteiger partial charge in [0.25, 0.3) is 0 Å². The number of carbonyl (C=O) groups excluding carboxylic acids is 2. The smallest absolute Gasteiger partial charge is 0.338 e. The number of Topliss-reactive ketones (excluding diaryl/α,β-unsaturated/α-hetero) is 1. The summed E-state index contributed by atoms with van der Waals surface area (Å²) in [7, 11) is 0. The van der Waals surface area contributed by atoms with E-state index in [1.165, 1.54) is 25.7 Å². The molecule has 3 heteroatoms. The van der Waals surface area contributed by atoms with E-state index in [0.717, 1.165) is 12.3 Å². The molecule has 108 valence electrons. The first-order valence-electron chi connectivity index (χ1n) is 7.51. The quantitative estimate of drug-likeness (QED) is 0.581. The lowest BCUT2D eigenvalue weighted by Crippen LogP contribution is -2.06. The van der Waals surface area contributed by atoms with Gasteiger partial charge in [-0.05, 0) is 31.4 Å². The Morgan fingerprint density at radius 1 is 1.10 bits per heavy atom. The van der Waals surface area contributed by atoms with Crippen LogP contribution in [-0.2, 0) is 4.74 Å². The van der Waals surface area contributed by atoms with E-state index in [4.69, 9.17) is 4.74 Å². The number of carbonyl (C=O) groups is 2. The molecule has 0 radical (unpaired) electrons. The second-order valence-electron chi connectivity index (χ2n) is 5.41. The van der Waals surface area contributed by atoms with Crippen LogP contribution in [0.1, 0.15) is 66.2 Å². The highest BCUT2D eigenvalue weighted by atomic mass is 16.5. The van der Waals surface area contributed by atoms with Crippen molar-refractivity contribution in [3.05, 3.63) is 35.4 Å². The fourth-order valence-corrected chi connectivity index (χ4v) is 2.79. The van der Waals surface area contributed by atoms with Crippen LogP contribution in [0.15, 0.2) is 24.3 Å². The average Bonchev–Trinajstić information content (AvgIpc) is 2.98. The maximum absolute atomic E-state index is 12.1. The Morgan fingerprint density at radius 3 is 2.30 bits per heavy atom. The molecule has 0 saturated heterocycles. The van der Waals surface area contributed by atoms with E-state index in [1.54, 1.807) is 31.2 Å². The molecule has 0 aliphatic heterocycles. The molecule has 1 fully saturated rings. The summed E-state index contributed by atoms with van der Waals surface area (Å²) in [5.41, 5.74) is 1.19. The molecule has 0 bridgehead atoms. The first-order valence-corrected chi connectivity index (χ1v) is 7.51. The third-order valence-corrected chi connectivity index (χ3v) is 3.97. The zero-order valence-electron chi connectivity index (χ0n) is 12.1. The second-order valence-corrected chi connectivity index (χ2v) is 5.41. The first kappa shape index (κ1) is 14.8. The van der Waals surface area contributed by atoms with Gasteiger partial charge in [-0.1, -0.05) is 37.8 Å². The summed E-state index contributed by atoms with van der Waals surface area (Å²) in [6, 6.07) is 6.79. The molecule has 1 aromatic carbocycles. The van der Waals surface area contributed by atoms with Crippen LogP contribution in [-0.4, -0.2) is 18.4 Å². The summed E-state index contributed by atoms with van der Waals surface area (Å²) in [6.45, 7) is 2.14. The Labute approximate surface area is 120 Å². The van der Waals surface area contributed by atoms with Gasteiger partial charge in [0.15, 0.2) is 5.78 Å². The molecule has 0 aromatic heterocycles. The van der Waals surface area contributed by atoms with Crippen LogP contribution in [0, 0.1) is 5.92 Å². The lowest BCUT2D eigenvalue weighted by atomic mass is 9.97. The van der Waals surface area contributed by atoms with Crippen molar-refractivity contribution in [2.45, 2.75) is 45.4 Å². The third kappa shape index (κ3) is 3.92. The molecular formula is C17H22O3. The minimum absolute atomic E-state index is 0.173. The van der Waals surface area contributed by atoms with E-state index in [0.29, 0.717) is 24.2 Å². The predicted molar refractivity (Wildman–Crippen MR) is 77.9 cm³/mol. The van der Waals surface area contributed by atoms with Crippen molar-refractivity contribution in [1.29, 1.82) is 0 Å². The van der Waals surface area contributed by atoms with Gasteiger partial charge in [-0.2, -0.15) is 0 Å². The zero-order chi connectivity index (χ0) is 14.4. The van der Waals surface area contributed by atoms with Crippen LogP contribution in [0.2, 0.25) is 0 Å². The second kappa shape index (κ2) is 7.22. The lowest BCUT2D eigenvalue weighted by Gasteiger charge is -2.08. The minimum Gasteiger partial charge on any atom is -0.462 e. The molecule has 0 spiro atoms. The molecule has 0 heterocycles. The van der Waals surface area contributed by atoms with Gasteiger partial charge >= 0.3 is 5.97 Å². The van der Waals surface area contributed by atoms with Crippen LogP contribution in [0.3, 0.4) is 0 Å². The highest BCUT2D eigenvalue weighted by molar-refractivity contribution is 5.97. The number of ether oxygens (including phenoxy) is 1. The van der Waals surface area contributed by atoms with Gasteiger partial charge in [0.1, 0.15) is 0 Å². The fourth-order valence-electron chi connectivity index (χ4n) is 2.79. The molecule has 1 saturated carbocycles. The molecular weight excluding hydrogens is 252 g/mol. The van der Waals surface area contributed by atoms with Crippen molar-refractivity contribution < 1.29 is 14.3 Å². The third-order valence-electron chi connectivity index (χ3n) is 3.97. The van der Waals surface area contributed by atoms with Gasteiger partial charge in [-0.3, -0.25) is 4.79 Å². The summed E-state index contributed by atoms with van der Waals surface area (Å²) in [4.78, 5) is 23.6. The van der Waals surface area contributed by atoms with E-state index >= 15 is 0 Å². The number of ketones is 1. The Kier molecular flexibility index (Phi) is 5.33. The summed E-state index contributed by atoms with van der Waals surface area (Å²) >= 11 is 0. The molecule has 1 aliphatic rings. The standard InChI is InChI=1S/C17H22O3/c1-2-20-17(19)15-10-8-14(9-11-15)16(18)12-7-13-5-3-4-6-13/h8-11,13H,2-7,12H2,1H3. The molecule has 0 unspecified atom stereocenters. The Bertz CT molecular complexity index is 456. The normalized spacial score (nSPS) is 15.2. The SMILES string of the molecule is CCOC(=O)c1ccc(C(=O)CCC2CCCC2)cc1. The van der Waals surface area contributed by atoms with Crippen LogP contribution in [0.5, 0.6) is 0 Å². The molecule has 1 aliphatic carbocycles. The van der Waals surface area contributed by atoms with E-state index in [2.05, 4.69) is 0 Å². The monoisotopic (exact) mass is 274 g/mol. The number of esters is 1. The maximum Gasteiger partial charge on any atom is 0.338 e. The van der Waals surface area contributed by atoms with Gasteiger partial charge in [-0.15, -0.1) is 0 Å². The Balaban J connectivity index is 1.88. The van der Waals surface area contributed by atoms with Gasteiger partial charge in [-0.25, -0.2) is 4.79 Å². The van der Waals surface area contributed by atoms with Crippen molar-refractivity contribution in [1.82, 2.24) is 0 Å². The van der Waals surface area contributed by atoms with E-state index in [9.17, 15) is 9.59 Å². The van der Waals surface area contributed by atoms with Gasteiger partial charge in [0.2, 0.25) is 0 Å². The van der Waals surface area contributed by atoms with Crippen molar-refractivity contribution in [2.75, 3.05) is 6.61 Å². The topological polar surface area (TPSA) is 43.4 Å². The van der Waals surface area contributed by atoms with Crippen molar-refractivity contribution >= 4 is 11.8 Å².